The van der Waals surface area contributed by atoms with Crippen molar-refractivity contribution in [2.75, 3.05) is 0 Å². The summed E-state index contributed by atoms with van der Waals surface area (Å²) in [5, 5.41) is 5.30. The lowest BCUT2D eigenvalue weighted by Gasteiger charge is -1.98. The summed E-state index contributed by atoms with van der Waals surface area (Å²) in [4.78, 5) is 15.9. The van der Waals surface area contributed by atoms with Crippen molar-refractivity contribution in [3.8, 4) is 0 Å². The number of oxime groups is 1. The molecule has 0 aliphatic carbocycles. The molecule has 1 aromatic rings. The number of amidine groups is 1. The Kier molecular flexibility index (Phi) is 6.02. The molecule has 4 N–H and O–H groups in total. The molecule has 0 aromatic carbocycles. The summed E-state index contributed by atoms with van der Waals surface area (Å²) in [6.07, 6.45) is 0. The van der Waals surface area contributed by atoms with Crippen LogP contribution in [0.4, 0.5) is 0 Å². The molecule has 1 rings (SSSR count). The molecule has 7 heteroatoms. The lowest BCUT2D eigenvalue weighted by atomic mass is 10.2. The number of hydrogen-bond donors (Lipinski definition) is 2. The summed E-state index contributed by atoms with van der Waals surface area (Å²) in [7, 11) is 0. The van der Waals surface area contributed by atoms with Crippen LogP contribution < -0.4 is 11.5 Å². The van der Waals surface area contributed by atoms with Gasteiger partial charge in [0.1, 0.15) is 0 Å². The summed E-state index contributed by atoms with van der Waals surface area (Å²) in [6.45, 7) is 3.15. The van der Waals surface area contributed by atoms with E-state index in [0.717, 1.165) is 4.88 Å². The topological polar surface area (TPSA) is 90.7 Å². The van der Waals surface area contributed by atoms with E-state index in [-0.39, 0.29) is 24.3 Å². The molecule has 16 heavy (non-hydrogen) atoms. The van der Waals surface area contributed by atoms with Gasteiger partial charge in [0, 0.05) is 28.8 Å². The highest BCUT2D eigenvalue weighted by atomic mass is 35.5. The smallest absolute Gasteiger partial charge is 0.332 e. The van der Waals surface area contributed by atoms with Crippen molar-refractivity contribution in [2.45, 2.75) is 19.9 Å². The van der Waals surface area contributed by atoms with Gasteiger partial charge >= 0.3 is 5.97 Å². The van der Waals surface area contributed by atoms with E-state index < -0.39 is 5.97 Å². The van der Waals surface area contributed by atoms with E-state index in [9.17, 15) is 4.79 Å². The van der Waals surface area contributed by atoms with E-state index in [1.54, 1.807) is 0 Å². The molecule has 0 aliphatic heterocycles. The second-order valence-electron chi connectivity index (χ2n) is 3.09. The highest BCUT2D eigenvalue weighted by Gasteiger charge is 2.07. The maximum absolute atomic E-state index is 10.5. The van der Waals surface area contributed by atoms with Gasteiger partial charge in [-0.3, -0.25) is 0 Å². The summed E-state index contributed by atoms with van der Waals surface area (Å²) in [5.41, 5.74) is 12.0. The van der Waals surface area contributed by atoms with E-state index in [1.807, 2.05) is 18.4 Å². The van der Waals surface area contributed by atoms with Gasteiger partial charge in [0.15, 0.2) is 5.84 Å². The van der Waals surface area contributed by atoms with Crippen LogP contribution in [0.5, 0.6) is 0 Å². The zero-order valence-electron chi connectivity index (χ0n) is 8.97. The van der Waals surface area contributed by atoms with Gasteiger partial charge in [0.25, 0.3) is 0 Å². The van der Waals surface area contributed by atoms with E-state index in [0.29, 0.717) is 5.56 Å². The van der Waals surface area contributed by atoms with Crippen molar-refractivity contribution in [2.24, 2.45) is 16.6 Å². The molecule has 0 spiro atoms. The van der Waals surface area contributed by atoms with Crippen molar-refractivity contribution in [1.29, 1.82) is 0 Å². The van der Waals surface area contributed by atoms with Gasteiger partial charge in [-0.25, -0.2) is 4.79 Å². The molecule has 0 saturated carbocycles. The van der Waals surface area contributed by atoms with Gasteiger partial charge in [0.05, 0.1) is 0 Å². The third-order valence-corrected chi connectivity index (χ3v) is 2.77. The predicted molar refractivity (Wildman–Crippen MR) is 66.7 cm³/mol. The molecule has 0 unspecified atom stereocenters. The minimum absolute atomic E-state index is 0. The number of nitrogens with zero attached hydrogens (tertiary/aromatic N) is 1. The van der Waals surface area contributed by atoms with Crippen LogP contribution in [0.15, 0.2) is 16.6 Å². The third-order valence-electron chi connectivity index (χ3n) is 1.64. The summed E-state index contributed by atoms with van der Waals surface area (Å²) in [6, 6.07) is 1.79. The number of nitrogens with two attached hydrogens (primary N) is 2. The van der Waals surface area contributed by atoms with Gasteiger partial charge in [-0.05, 0) is 13.0 Å². The fraction of sp³-hybridized carbons (Fsp3) is 0.333. The van der Waals surface area contributed by atoms with Gasteiger partial charge < -0.3 is 16.3 Å². The Bertz CT molecular complexity index is 390. The summed E-state index contributed by atoms with van der Waals surface area (Å²) < 4.78 is 0. The molecule has 0 aliphatic rings. The van der Waals surface area contributed by atoms with Crippen LogP contribution >= 0.6 is 23.7 Å². The number of carbonyl (C=O) groups excluding carboxylic acids is 1. The molecular weight excluding hydrogens is 250 g/mol. The molecular formula is C9H14ClN3O2S. The summed E-state index contributed by atoms with van der Waals surface area (Å²) >= 11 is 1.49. The van der Waals surface area contributed by atoms with Crippen LogP contribution in [-0.4, -0.2) is 11.8 Å². The van der Waals surface area contributed by atoms with Crippen molar-refractivity contribution in [3.05, 3.63) is 21.9 Å². The Hall–Kier alpha value is -1.11. The van der Waals surface area contributed by atoms with Gasteiger partial charge in [0.2, 0.25) is 0 Å². The zero-order chi connectivity index (χ0) is 11.4. The predicted octanol–water partition coefficient (Wildman–Crippen LogP) is 1.37. The van der Waals surface area contributed by atoms with E-state index in [4.69, 9.17) is 11.5 Å². The highest BCUT2D eigenvalue weighted by molar-refractivity contribution is 7.10. The normalized spacial score (nSPS) is 12.8. The number of halogens is 1. The molecule has 0 amide bonds. The van der Waals surface area contributed by atoms with Crippen LogP contribution in [0.25, 0.3) is 0 Å². The standard InChI is InChI=1S/C9H13N3O2S.ClH/c1-5(10)8-3-7(4-15-8)9(11)12-14-6(2)13;/h3-5H,10H2,1-2H3,(H2,11,12);1H/t5-;/m1./s1. The number of hydrogen-bond acceptors (Lipinski definition) is 5. The molecule has 0 bridgehead atoms. The largest absolute Gasteiger partial charge is 0.380 e. The van der Waals surface area contributed by atoms with Gasteiger partial charge in [-0.15, -0.1) is 23.7 Å². The number of thiophene rings is 1. The Balaban J connectivity index is 0.00000225. The van der Waals surface area contributed by atoms with E-state index >= 15 is 0 Å². The minimum atomic E-state index is -0.499. The van der Waals surface area contributed by atoms with Crippen molar-refractivity contribution >= 4 is 35.5 Å². The highest BCUT2D eigenvalue weighted by Crippen LogP contribution is 2.19. The van der Waals surface area contributed by atoms with Crippen LogP contribution in [0, 0.1) is 0 Å². The van der Waals surface area contributed by atoms with Gasteiger partial charge in [-0.1, -0.05) is 5.16 Å². The molecule has 0 fully saturated rings. The third kappa shape index (κ3) is 4.18. The molecule has 1 atom stereocenters. The van der Waals surface area contributed by atoms with Crippen molar-refractivity contribution < 1.29 is 9.63 Å². The second-order valence-corrected chi connectivity index (χ2v) is 4.03. The lowest BCUT2D eigenvalue weighted by molar-refractivity contribution is -0.140. The lowest BCUT2D eigenvalue weighted by Crippen LogP contribution is -2.13. The van der Waals surface area contributed by atoms with Crippen LogP contribution in [0.2, 0.25) is 0 Å². The fourth-order valence-electron chi connectivity index (χ4n) is 0.892. The van der Waals surface area contributed by atoms with Crippen LogP contribution in [0.3, 0.4) is 0 Å². The van der Waals surface area contributed by atoms with E-state index in [2.05, 4.69) is 9.99 Å². The maximum atomic E-state index is 10.5. The quantitative estimate of drug-likeness (QED) is 0.373. The Morgan fingerprint density at radius 3 is 2.69 bits per heavy atom. The Morgan fingerprint density at radius 1 is 1.62 bits per heavy atom. The average Bonchev–Trinajstić information content (AvgIpc) is 2.62. The molecule has 5 nitrogen and oxygen atoms in total. The van der Waals surface area contributed by atoms with Crippen molar-refractivity contribution in [1.82, 2.24) is 0 Å². The molecule has 90 valence electrons. The SMILES string of the molecule is CC(=O)ON=C(N)c1csc([C@@H](C)N)c1.Cl. The maximum Gasteiger partial charge on any atom is 0.332 e. The number of carbonyl (C=O) groups is 1. The van der Waals surface area contributed by atoms with Crippen LogP contribution in [0.1, 0.15) is 30.3 Å². The molecule has 1 aromatic heterocycles. The monoisotopic (exact) mass is 263 g/mol. The van der Waals surface area contributed by atoms with E-state index in [1.165, 1.54) is 18.3 Å². The minimum Gasteiger partial charge on any atom is -0.380 e. The molecule has 1 heterocycles. The number of rotatable bonds is 3. The first-order chi connectivity index (χ1) is 7.00. The van der Waals surface area contributed by atoms with Gasteiger partial charge in [-0.2, -0.15) is 0 Å². The van der Waals surface area contributed by atoms with Crippen molar-refractivity contribution in [3.63, 3.8) is 0 Å². The Labute approximate surface area is 104 Å². The first-order valence-electron chi connectivity index (χ1n) is 4.36. The summed E-state index contributed by atoms with van der Waals surface area (Å²) in [5.74, 6) is -0.325. The first-order valence-corrected chi connectivity index (χ1v) is 5.24. The first kappa shape index (κ1) is 14.9. The molecule has 0 saturated heterocycles. The Morgan fingerprint density at radius 2 is 2.25 bits per heavy atom. The average molecular weight is 264 g/mol. The fourth-order valence-corrected chi connectivity index (χ4v) is 1.75. The second kappa shape index (κ2) is 6.47. The molecule has 0 radical (unpaired) electrons. The van der Waals surface area contributed by atoms with Crippen LogP contribution in [-0.2, 0) is 9.63 Å². The zero-order valence-corrected chi connectivity index (χ0v) is 10.6.